The normalized spacial score (nSPS) is 26.3. The van der Waals surface area contributed by atoms with Crippen LogP contribution in [0.1, 0.15) is 12.2 Å². The van der Waals surface area contributed by atoms with E-state index < -0.39 is 4.87 Å². The maximum atomic E-state index is 6.35. The molecule has 1 aliphatic carbocycles. The largest absolute Gasteiger partial charge is 0.263 e. The summed E-state index contributed by atoms with van der Waals surface area (Å²) in [5.74, 6) is 0.788. The van der Waals surface area contributed by atoms with Crippen molar-refractivity contribution in [2.45, 2.75) is 17.7 Å². The minimum absolute atomic E-state index is 0.419. The average Bonchev–Trinajstić information content (AvgIpc) is 2.63. The molecule has 0 amide bonds. The predicted octanol–water partition coefficient (Wildman–Crippen LogP) is 2.41. The second-order valence-electron chi connectivity index (χ2n) is 3.27. The van der Waals surface area contributed by atoms with Crippen molar-refractivity contribution in [3.63, 3.8) is 0 Å². The molecule has 3 nitrogen and oxygen atoms in total. The number of allylic oxidation sites excluding steroid dienone is 4. The Morgan fingerprint density at radius 2 is 2.43 bits per heavy atom. The van der Waals surface area contributed by atoms with E-state index in [9.17, 15) is 0 Å². The van der Waals surface area contributed by atoms with Crippen molar-refractivity contribution >= 4 is 23.2 Å². The lowest BCUT2D eigenvalue weighted by Crippen LogP contribution is -2.23. The zero-order valence-electron chi connectivity index (χ0n) is 7.37. The fourth-order valence-corrected chi connectivity index (χ4v) is 1.76. The molecule has 74 valence electrons. The summed E-state index contributed by atoms with van der Waals surface area (Å²) in [5.41, 5.74) is 0. The maximum absolute atomic E-state index is 6.35. The molecule has 1 atom stereocenters. The highest BCUT2D eigenvalue weighted by atomic mass is 35.5. The Morgan fingerprint density at radius 3 is 3.00 bits per heavy atom. The molecule has 0 fully saturated rings. The van der Waals surface area contributed by atoms with E-state index in [1.54, 1.807) is 0 Å². The topological polar surface area (TPSA) is 41.6 Å². The monoisotopic (exact) mass is 229 g/mol. The average molecular weight is 230 g/mol. The van der Waals surface area contributed by atoms with Crippen LogP contribution in [0.3, 0.4) is 0 Å². The molecule has 0 aromatic carbocycles. The number of rotatable bonds is 2. The second-order valence-corrected chi connectivity index (χ2v) is 4.46. The molecule has 0 spiro atoms. The first-order valence-electron chi connectivity index (χ1n) is 4.26. The van der Waals surface area contributed by atoms with Gasteiger partial charge >= 0.3 is 0 Å². The Hall–Kier alpha value is -0.800. The molecule has 1 aliphatic rings. The number of aromatic nitrogens is 3. The van der Waals surface area contributed by atoms with Crippen LogP contribution in [0.15, 0.2) is 29.6 Å². The minimum atomic E-state index is -0.419. The van der Waals surface area contributed by atoms with Crippen molar-refractivity contribution in [2.75, 3.05) is 0 Å². The van der Waals surface area contributed by atoms with Gasteiger partial charge in [-0.2, -0.15) is 5.10 Å². The Labute approximate surface area is 91.8 Å². The molecule has 0 bridgehead atoms. The molecule has 0 saturated heterocycles. The molecule has 14 heavy (non-hydrogen) atoms. The lowest BCUT2D eigenvalue weighted by Gasteiger charge is -2.23. The Balaban J connectivity index is 2.09. The highest BCUT2D eigenvalue weighted by Gasteiger charge is 2.26. The summed E-state index contributed by atoms with van der Waals surface area (Å²) in [7, 11) is 0. The number of nitrogens with one attached hydrogen (secondary N) is 1. The number of alkyl halides is 1. The second kappa shape index (κ2) is 3.75. The number of H-pyrrole nitrogens is 1. The summed E-state index contributed by atoms with van der Waals surface area (Å²) >= 11 is 12.2. The van der Waals surface area contributed by atoms with Gasteiger partial charge in [-0.25, -0.2) is 4.98 Å². The third-order valence-corrected chi connectivity index (χ3v) is 2.80. The number of aromatic amines is 1. The van der Waals surface area contributed by atoms with Crippen LogP contribution >= 0.6 is 23.2 Å². The van der Waals surface area contributed by atoms with Crippen LogP contribution in [0.2, 0.25) is 0 Å². The first-order valence-corrected chi connectivity index (χ1v) is 5.02. The van der Waals surface area contributed by atoms with Crippen LogP contribution in [-0.4, -0.2) is 20.1 Å². The van der Waals surface area contributed by atoms with Crippen LogP contribution in [0.4, 0.5) is 0 Å². The molecule has 1 heterocycles. The molecule has 5 heteroatoms. The third kappa shape index (κ3) is 2.16. The zero-order valence-corrected chi connectivity index (χ0v) is 8.89. The maximum Gasteiger partial charge on any atom is 0.137 e. The quantitative estimate of drug-likeness (QED) is 0.792. The van der Waals surface area contributed by atoms with Gasteiger partial charge in [-0.15, -0.1) is 11.6 Å². The van der Waals surface area contributed by atoms with Crippen molar-refractivity contribution in [3.05, 3.63) is 35.4 Å². The zero-order chi connectivity index (χ0) is 10.0. The molecule has 1 aromatic rings. The van der Waals surface area contributed by atoms with Gasteiger partial charge in [-0.05, 0) is 12.5 Å². The van der Waals surface area contributed by atoms with Crippen molar-refractivity contribution < 1.29 is 0 Å². The SMILES string of the molecule is ClC1=CCC(Cl)(Cc2ncn[nH]2)C=C1. The van der Waals surface area contributed by atoms with Gasteiger partial charge in [0.25, 0.3) is 0 Å². The molecular weight excluding hydrogens is 221 g/mol. The summed E-state index contributed by atoms with van der Waals surface area (Å²) in [4.78, 5) is 3.62. The highest BCUT2D eigenvalue weighted by Crippen LogP contribution is 2.31. The minimum Gasteiger partial charge on any atom is -0.263 e. The van der Waals surface area contributed by atoms with E-state index in [0.29, 0.717) is 12.8 Å². The summed E-state index contributed by atoms with van der Waals surface area (Å²) in [5, 5.41) is 7.30. The summed E-state index contributed by atoms with van der Waals surface area (Å²) < 4.78 is 0. The molecular formula is C9H9Cl2N3. The van der Waals surface area contributed by atoms with Crippen molar-refractivity contribution in [1.82, 2.24) is 15.2 Å². The molecule has 0 aliphatic heterocycles. The lowest BCUT2D eigenvalue weighted by atomic mass is 9.96. The Kier molecular flexibility index (Phi) is 2.61. The van der Waals surface area contributed by atoms with Gasteiger partial charge in [0.2, 0.25) is 0 Å². The number of halogens is 2. The van der Waals surface area contributed by atoms with Crippen LogP contribution < -0.4 is 0 Å². The Morgan fingerprint density at radius 1 is 1.57 bits per heavy atom. The van der Waals surface area contributed by atoms with Gasteiger partial charge in [0.1, 0.15) is 12.2 Å². The lowest BCUT2D eigenvalue weighted by molar-refractivity contribution is 0.668. The van der Waals surface area contributed by atoms with Crippen molar-refractivity contribution in [1.29, 1.82) is 0 Å². The first kappa shape index (κ1) is 9.74. The molecule has 1 unspecified atom stereocenters. The van der Waals surface area contributed by atoms with E-state index in [2.05, 4.69) is 15.2 Å². The number of hydrogen-bond acceptors (Lipinski definition) is 2. The third-order valence-electron chi connectivity index (χ3n) is 2.10. The number of hydrogen-bond donors (Lipinski definition) is 1. The van der Waals surface area contributed by atoms with Crippen LogP contribution in [0.25, 0.3) is 0 Å². The van der Waals surface area contributed by atoms with E-state index in [1.165, 1.54) is 6.33 Å². The van der Waals surface area contributed by atoms with Crippen molar-refractivity contribution in [2.24, 2.45) is 0 Å². The molecule has 0 radical (unpaired) electrons. The van der Waals surface area contributed by atoms with E-state index in [-0.39, 0.29) is 0 Å². The van der Waals surface area contributed by atoms with E-state index in [0.717, 1.165) is 10.9 Å². The Bertz CT molecular complexity index is 369. The predicted molar refractivity (Wildman–Crippen MR) is 56.4 cm³/mol. The van der Waals surface area contributed by atoms with Crippen LogP contribution in [0, 0.1) is 0 Å². The van der Waals surface area contributed by atoms with Gasteiger partial charge < -0.3 is 0 Å². The molecule has 0 saturated carbocycles. The van der Waals surface area contributed by atoms with Gasteiger partial charge in [0.15, 0.2) is 0 Å². The molecule has 1 aromatic heterocycles. The van der Waals surface area contributed by atoms with Crippen LogP contribution in [0.5, 0.6) is 0 Å². The fraction of sp³-hybridized carbons (Fsp3) is 0.333. The van der Waals surface area contributed by atoms with E-state index in [1.807, 2.05) is 18.2 Å². The van der Waals surface area contributed by atoms with Crippen molar-refractivity contribution in [3.8, 4) is 0 Å². The van der Waals surface area contributed by atoms with Gasteiger partial charge in [-0.3, -0.25) is 5.10 Å². The van der Waals surface area contributed by atoms with Crippen LogP contribution in [-0.2, 0) is 6.42 Å². The molecule has 2 rings (SSSR count). The van der Waals surface area contributed by atoms with Gasteiger partial charge in [0.05, 0.1) is 4.87 Å². The summed E-state index contributed by atoms with van der Waals surface area (Å²) in [6.45, 7) is 0. The van der Waals surface area contributed by atoms with E-state index in [4.69, 9.17) is 23.2 Å². The van der Waals surface area contributed by atoms with Gasteiger partial charge in [-0.1, -0.05) is 23.8 Å². The van der Waals surface area contributed by atoms with Gasteiger partial charge in [0, 0.05) is 11.5 Å². The number of nitrogens with zero attached hydrogens (tertiary/aromatic N) is 2. The summed E-state index contributed by atoms with van der Waals surface area (Å²) in [6.07, 6.45) is 8.44. The smallest absolute Gasteiger partial charge is 0.137 e. The highest BCUT2D eigenvalue weighted by molar-refractivity contribution is 6.32. The standard InChI is InChI=1S/C9H9Cl2N3/c10-7-1-3-9(11,4-2-7)5-8-12-6-13-14-8/h1-3,6H,4-5H2,(H,12,13,14). The molecule has 1 N–H and O–H groups in total. The fourth-order valence-electron chi connectivity index (χ4n) is 1.36. The van der Waals surface area contributed by atoms with E-state index >= 15 is 0 Å². The first-order chi connectivity index (χ1) is 6.68. The summed E-state index contributed by atoms with van der Waals surface area (Å²) in [6, 6.07) is 0.